The van der Waals surface area contributed by atoms with Crippen molar-refractivity contribution >= 4 is 11.3 Å². The highest BCUT2D eigenvalue weighted by Gasteiger charge is 2.21. The molecule has 0 bridgehead atoms. The molecule has 0 aromatic carbocycles. The van der Waals surface area contributed by atoms with Gasteiger partial charge in [-0.3, -0.25) is 0 Å². The smallest absolute Gasteiger partial charge is 0.0440 e. The van der Waals surface area contributed by atoms with E-state index in [1.165, 1.54) is 37.4 Å². The maximum atomic E-state index is 3.81. The van der Waals surface area contributed by atoms with Crippen molar-refractivity contribution in [1.82, 2.24) is 10.2 Å². The molecular formula is C15H26N2S. The summed E-state index contributed by atoms with van der Waals surface area (Å²) in [5.41, 5.74) is 0. The Kier molecular flexibility index (Phi) is 5.22. The molecule has 1 aliphatic heterocycles. The van der Waals surface area contributed by atoms with E-state index >= 15 is 0 Å². The molecule has 0 spiro atoms. The highest BCUT2D eigenvalue weighted by atomic mass is 32.1. The molecule has 1 aromatic heterocycles. The Balaban J connectivity index is 1.88. The first-order valence-corrected chi connectivity index (χ1v) is 8.06. The number of hydrogen-bond acceptors (Lipinski definition) is 3. The van der Waals surface area contributed by atoms with E-state index in [4.69, 9.17) is 0 Å². The zero-order valence-electron chi connectivity index (χ0n) is 11.9. The quantitative estimate of drug-likeness (QED) is 0.847. The Morgan fingerprint density at radius 2 is 2.00 bits per heavy atom. The molecule has 0 aliphatic carbocycles. The summed E-state index contributed by atoms with van der Waals surface area (Å²) < 4.78 is 0. The van der Waals surface area contributed by atoms with Gasteiger partial charge in [-0.1, -0.05) is 19.9 Å². The van der Waals surface area contributed by atoms with Crippen LogP contribution in [0.3, 0.4) is 0 Å². The lowest BCUT2D eigenvalue weighted by Gasteiger charge is -2.28. The van der Waals surface area contributed by atoms with E-state index in [-0.39, 0.29) is 0 Å². The fraction of sp³-hybridized carbons (Fsp3) is 0.733. The van der Waals surface area contributed by atoms with Crippen LogP contribution in [0.2, 0.25) is 0 Å². The highest BCUT2D eigenvalue weighted by Crippen LogP contribution is 2.26. The second-order valence-corrected chi connectivity index (χ2v) is 6.79. The first-order chi connectivity index (χ1) is 8.66. The summed E-state index contributed by atoms with van der Waals surface area (Å²) in [6, 6.07) is 5.48. The average Bonchev–Trinajstić information content (AvgIpc) is 2.97. The molecular weight excluding hydrogens is 240 g/mol. The van der Waals surface area contributed by atoms with Gasteiger partial charge in [0.15, 0.2) is 0 Å². The molecule has 0 radical (unpaired) electrons. The molecule has 0 amide bonds. The molecule has 1 N–H and O–H groups in total. The van der Waals surface area contributed by atoms with Crippen molar-refractivity contribution in [3.8, 4) is 0 Å². The Labute approximate surface area is 115 Å². The first-order valence-electron chi connectivity index (χ1n) is 7.18. The van der Waals surface area contributed by atoms with Crippen LogP contribution in [0.25, 0.3) is 0 Å². The summed E-state index contributed by atoms with van der Waals surface area (Å²) in [4.78, 5) is 4.06. The summed E-state index contributed by atoms with van der Waals surface area (Å²) in [6.45, 7) is 10.7. The molecule has 2 atom stereocenters. The average molecular weight is 266 g/mol. The van der Waals surface area contributed by atoms with Gasteiger partial charge in [0.2, 0.25) is 0 Å². The van der Waals surface area contributed by atoms with Crippen LogP contribution in [0.4, 0.5) is 0 Å². The maximum absolute atomic E-state index is 3.81. The van der Waals surface area contributed by atoms with Crippen LogP contribution < -0.4 is 5.32 Å². The van der Waals surface area contributed by atoms with Crippen molar-refractivity contribution in [3.63, 3.8) is 0 Å². The number of likely N-dealkylation sites (tertiary alicyclic amines) is 1. The van der Waals surface area contributed by atoms with Gasteiger partial charge in [0.1, 0.15) is 0 Å². The van der Waals surface area contributed by atoms with Gasteiger partial charge < -0.3 is 10.2 Å². The fourth-order valence-electron chi connectivity index (χ4n) is 2.78. The van der Waals surface area contributed by atoms with Crippen LogP contribution in [0.15, 0.2) is 17.5 Å². The van der Waals surface area contributed by atoms with Gasteiger partial charge in [-0.2, -0.15) is 0 Å². The molecule has 1 aromatic rings. The van der Waals surface area contributed by atoms with E-state index in [1.807, 2.05) is 11.3 Å². The standard InChI is InChI=1S/C15H26N2S/c1-12(2)15(14-7-6-10-18-14)16-13(3)11-17-8-4-5-9-17/h6-7,10,12-13,15-16H,4-5,8-9,11H2,1-3H3. The van der Waals surface area contributed by atoms with Crippen LogP contribution in [-0.4, -0.2) is 30.6 Å². The third-order valence-electron chi connectivity index (χ3n) is 3.71. The molecule has 1 fully saturated rings. The first kappa shape index (κ1) is 14.0. The number of nitrogens with one attached hydrogen (secondary N) is 1. The Morgan fingerprint density at radius 1 is 1.28 bits per heavy atom. The molecule has 102 valence electrons. The minimum absolute atomic E-state index is 0.502. The molecule has 0 saturated carbocycles. The fourth-order valence-corrected chi connectivity index (χ4v) is 3.74. The number of thiophene rings is 1. The van der Waals surface area contributed by atoms with Crippen LogP contribution in [-0.2, 0) is 0 Å². The van der Waals surface area contributed by atoms with E-state index in [1.54, 1.807) is 0 Å². The highest BCUT2D eigenvalue weighted by molar-refractivity contribution is 7.10. The molecule has 3 heteroatoms. The van der Waals surface area contributed by atoms with Gasteiger partial charge in [0.25, 0.3) is 0 Å². The van der Waals surface area contributed by atoms with Crippen molar-refractivity contribution in [1.29, 1.82) is 0 Å². The molecule has 2 heterocycles. The lowest BCUT2D eigenvalue weighted by atomic mass is 10.0. The van der Waals surface area contributed by atoms with E-state index in [0.717, 1.165) is 0 Å². The lowest BCUT2D eigenvalue weighted by Crippen LogP contribution is -2.41. The third kappa shape index (κ3) is 3.81. The molecule has 1 aliphatic rings. The van der Waals surface area contributed by atoms with Crippen LogP contribution in [0.5, 0.6) is 0 Å². The summed E-state index contributed by atoms with van der Waals surface area (Å²) >= 11 is 1.87. The number of rotatable bonds is 6. The number of hydrogen-bond donors (Lipinski definition) is 1. The summed E-state index contributed by atoms with van der Waals surface area (Å²) in [5.74, 6) is 0.643. The van der Waals surface area contributed by atoms with Gasteiger partial charge in [0, 0.05) is 23.5 Å². The van der Waals surface area contributed by atoms with E-state index < -0.39 is 0 Å². The van der Waals surface area contributed by atoms with Gasteiger partial charge in [-0.25, -0.2) is 0 Å². The maximum Gasteiger partial charge on any atom is 0.0440 e. The van der Waals surface area contributed by atoms with Gasteiger partial charge in [-0.15, -0.1) is 11.3 Å². The third-order valence-corrected chi connectivity index (χ3v) is 4.67. The predicted molar refractivity (Wildman–Crippen MR) is 80.2 cm³/mol. The largest absolute Gasteiger partial charge is 0.305 e. The van der Waals surface area contributed by atoms with Crippen molar-refractivity contribution in [3.05, 3.63) is 22.4 Å². The van der Waals surface area contributed by atoms with Gasteiger partial charge >= 0.3 is 0 Å². The topological polar surface area (TPSA) is 15.3 Å². The van der Waals surface area contributed by atoms with Crippen molar-refractivity contribution in [2.75, 3.05) is 19.6 Å². The van der Waals surface area contributed by atoms with Crippen molar-refractivity contribution in [2.24, 2.45) is 5.92 Å². The molecule has 2 unspecified atom stereocenters. The van der Waals surface area contributed by atoms with Crippen molar-refractivity contribution in [2.45, 2.75) is 45.7 Å². The normalized spacial score (nSPS) is 20.4. The minimum atomic E-state index is 0.502. The van der Waals surface area contributed by atoms with Crippen LogP contribution >= 0.6 is 11.3 Å². The Hall–Kier alpha value is -0.380. The van der Waals surface area contributed by atoms with Crippen molar-refractivity contribution < 1.29 is 0 Å². The molecule has 1 saturated heterocycles. The monoisotopic (exact) mass is 266 g/mol. The number of nitrogens with zero attached hydrogens (tertiary/aromatic N) is 1. The zero-order valence-corrected chi connectivity index (χ0v) is 12.7. The van der Waals surface area contributed by atoms with Gasteiger partial charge in [-0.05, 0) is 50.2 Å². The van der Waals surface area contributed by atoms with Gasteiger partial charge in [0.05, 0.1) is 0 Å². The predicted octanol–water partition coefficient (Wildman–Crippen LogP) is 3.52. The van der Waals surface area contributed by atoms with E-state index in [0.29, 0.717) is 18.0 Å². The summed E-state index contributed by atoms with van der Waals surface area (Å²) in [6.07, 6.45) is 2.76. The molecule has 18 heavy (non-hydrogen) atoms. The molecule has 2 nitrogen and oxygen atoms in total. The van der Waals surface area contributed by atoms with E-state index in [9.17, 15) is 0 Å². The lowest BCUT2D eigenvalue weighted by molar-refractivity contribution is 0.271. The zero-order chi connectivity index (χ0) is 13.0. The van der Waals surface area contributed by atoms with Crippen LogP contribution in [0, 0.1) is 5.92 Å². The summed E-state index contributed by atoms with van der Waals surface area (Å²) in [7, 11) is 0. The van der Waals surface area contributed by atoms with Crippen LogP contribution in [0.1, 0.15) is 44.5 Å². The van der Waals surface area contributed by atoms with E-state index in [2.05, 4.69) is 48.5 Å². The Morgan fingerprint density at radius 3 is 2.56 bits per heavy atom. The second-order valence-electron chi connectivity index (χ2n) is 5.81. The Bertz CT molecular complexity index is 328. The second kappa shape index (κ2) is 6.69. The SMILES string of the molecule is CC(CN1CCCC1)NC(c1cccs1)C(C)C. The molecule has 2 rings (SSSR count). The minimum Gasteiger partial charge on any atom is -0.305 e. The summed E-state index contributed by atoms with van der Waals surface area (Å²) in [5, 5.41) is 5.99.